The molecule has 134 valence electrons. The van der Waals surface area contributed by atoms with Gasteiger partial charge in [-0.25, -0.2) is 0 Å². The Bertz CT molecular complexity index is 744. The molecule has 0 spiro atoms. The second kappa shape index (κ2) is 7.57. The van der Waals surface area contributed by atoms with E-state index >= 15 is 0 Å². The summed E-state index contributed by atoms with van der Waals surface area (Å²) in [6.45, 7) is 2.93. The number of anilines is 1. The van der Waals surface area contributed by atoms with Crippen LogP contribution in [0.2, 0.25) is 0 Å². The van der Waals surface area contributed by atoms with Crippen LogP contribution in [0.1, 0.15) is 30.2 Å². The lowest BCUT2D eigenvalue weighted by molar-refractivity contribution is -0.117. The van der Waals surface area contributed by atoms with Crippen molar-refractivity contribution in [3.63, 3.8) is 0 Å². The number of hydrogen-bond donors (Lipinski definition) is 1. The lowest BCUT2D eigenvalue weighted by Gasteiger charge is -2.25. The molecule has 2 aromatic rings. The van der Waals surface area contributed by atoms with Crippen LogP contribution in [-0.4, -0.2) is 43.3 Å². The van der Waals surface area contributed by atoms with Gasteiger partial charge in [0.2, 0.25) is 5.91 Å². The van der Waals surface area contributed by atoms with Gasteiger partial charge in [0, 0.05) is 17.7 Å². The second-order valence-corrected chi connectivity index (χ2v) is 6.11. The number of nitrogens with one attached hydrogen (secondary N) is 1. The van der Waals surface area contributed by atoms with Gasteiger partial charge < -0.3 is 19.3 Å². The van der Waals surface area contributed by atoms with Crippen molar-refractivity contribution in [1.29, 1.82) is 0 Å². The highest BCUT2D eigenvalue weighted by Gasteiger charge is 2.30. The predicted molar refractivity (Wildman–Crippen MR) is 93.0 cm³/mol. The summed E-state index contributed by atoms with van der Waals surface area (Å²) in [5.74, 6) is 2.59. The summed E-state index contributed by atoms with van der Waals surface area (Å²) in [6, 6.07) is 7.59. The van der Waals surface area contributed by atoms with Crippen molar-refractivity contribution >= 4 is 11.7 Å². The number of rotatable bonds is 6. The summed E-state index contributed by atoms with van der Waals surface area (Å²) < 4.78 is 15.8. The standard InChI is InChI=1S/C18H23N3O4/c1-12-9-17(20-25-12)19-18(22)11-21-8-4-5-15(21)14-10-13(23-2)6-7-16(14)24-3/h6-7,9-10,15H,4-5,8,11H2,1-3H3,(H,19,20,22)/t15-/m1/s1. The SMILES string of the molecule is COc1ccc(OC)c([C@H]2CCCN2CC(=O)Nc2cc(C)on2)c1. The van der Waals surface area contributed by atoms with Crippen LogP contribution >= 0.6 is 0 Å². The number of carbonyl (C=O) groups excluding carboxylic acids is 1. The van der Waals surface area contributed by atoms with E-state index in [4.69, 9.17) is 14.0 Å². The van der Waals surface area contributed by atoms with E-state index in [1.165, 1.54) is 0 Å². The summed E-state index contributed by atoms with van der Waals surface area (Å²) in [4.78, 5) is 14.5. The predicted octanol–water partition coefficient (Wildman–Crippen LogP) is 2.78. The van der Waals surface area contributed by atoms with Crippen LogP contribution < -0.4 is 14.8 Å². The van der Waals surface area contributed by atoms with Gasteiger partial charge in [-0.05, 0) is 44.5 Å². The van der Waals surface area contributed by atoms with Crippen LogP contribution in [0, 0.1) is 6.92 Å². The number of methoxy groups -OCH3 is 2. The molecule has 2 heterocycles. The number of likely N-dealkylation sites (tertiary alicyclic amines) is 1. The van der Waals surface area contributed by atoms with Crippen molar-refractivity contribution in [2.24, 2.45) is 0 Å². The molecular formula is C18H23N3O4. The molecule has 0 unspecified atom stereocenters. The first-order valence-electron chi connectivity index (χ1n) is 8.30. The fraction of sp³-hybridized carbons (Fsp3) is 0.444. The highest BCUT2D eigenvalue weighted by atomic mass is 16.5. The van der Waals surface area contributed by atoms with Crippen molar-refractivity contribution in [3.05, 3.63) is 35.6 Å². The molecule has 0 bridgehead atoms. The third-order valence-corrected chi connectivity index (χ3v) is 4.40. The van der Waals surface area contributed by atoms with Crippen molar-refractivity contribution in [2.75, 3.05) is 32.6 Å². The van der Waals surface area contributed by atoms with E-state index in [1.807, 2.05) is 18.2 Å². The molecule has 1 aliphatic heterocycles. The van der Waals surface area contributed by atoms with Crippen molar-refractivity contribution in [3.8, 4) is 11.5 Å². The molecule has 1 aromatic carbocycles. The Kier molecular flexibility index (Phi) is 5.23. The molecule has 0 radical (unpaired) electrons. The van der Waals surface area contributed by atoms with Crippen LogP contribution in [0.3, 0.4) is 0 Å². The van der Waals surface area contributed by atoms with Gasteiger partial charge in [0.1, 0.15) is 17.3 Å². The van der Waals surface area contributed by atoms with Crippen LogP contribution in [-0.2, 0) is 4.79 Å². The quantitative estimate of drug-likeness (QED) is 0.867. The zero-order valence-corrected chi connectivity index (χ0v) is 14.7. The summed E-state index contributed by atoms with van der Waals surface area (Å²) in [6.07, 6.45) is 2.00. The first-order chi connectivity index (χ1) is 12.1. The molecule has 1 aromatic heterocycles. The average molecular weight is 345 g/mol. The maximum Gasteiger partial charge on any atom is 0.239 e. The van der Waals surface area contributed by atoms with E-state index < -0.39 is 0 Å². The van der Waals surface area contributed by atoms with Gasteiger partial charge in [0.15, 0.2) is 5.82 Å². The summed E-state index contributed by atoms with van der Waals surface area (Å²) in [5, 5.41) is 6.57. The minimum Gasteiger partial charge on any atom is -0.497 e. The fourth-order valence-electron chi connectivity index (χ4n) is 3.26. The van der Waals surface area contributed by atoms with Gasteiger partial charge in [-0.15, -0.1) is 0 Å². The number of ether oxygens (including phenoxy) is 2. The number of benzene rings is 1. The number of carbonyl (C=O) groups is 1. The Morgan fingerprint density at radius 2 is 2.20 bits per heavy atom. The van der Waals surface area contributed by atoms with E-state index in [0.717, 1.165) is 36.4 Å². The van der Waals surface area contributed by atoms with Gasteiger partial charge in [0.25, 0.3) is 0 Å². The molecule has 1 aliphatic rings. The minimum absolute atomic E-state index is 0.109. The molecule has 1 saturated heterocycles. The zero-order chi connectivity index (χ0) is 17.8. The Morgan fingerprint density at radius 3 is 2.88 bits per heavy atom. The molecular weight excluding hydrogens is 322 g/mol. The van der Waals surface area contributed by atoms with Crippen molar-refractivity contribution in [2.45, 2.75) is 25.8 Å². The summed E-state index contributed by atoms with van der Waals surface area (Å²) in [7, 11) is 3.30. The van der Waals surface area contributed by atoms with E-state index in [0.29, 0.717) is 11.6 Å². The smallest absolute Gasteiger partial charge is 0.239 e. The van der Waals surface area contributed by atoms with Gasteiger partial charge in [-0.1, -0.05) is 5.16 Å². The molecule has 25 heavy (non-hydrogen) atoms. The average Bonchev–Trinajstić information content (AvgIpc) is 3.23. The summed E-state index contributed by atoms with van der Waals surface area (Å²) in [5.41, 5.74) is 1.05. The van der Waals surface area contributed by atoms with Gasteiger partial charge in [-0.2, -0.15) is 0 Å². The Morgan fingerprint density at radius 1 is 1.36 bits per heavy atom. The van der Waals surface area contributed by atoms with E-state index in [9.17, 15) is 4.79 Å². The second-order valence-electron chi connectivity index (χ2n) is 6.11. The molecule has 1 fully saturated rings. The number of hydrogen-bond acceptors (Lipinski definition) is 6. The highest BCUT2D eigenvalue weighted by Crippen LogP contribution is 2.38. The topological polar surface area (TPSA) is 76.8 Å². The molecule has 0 saturated carbocycles. The molecule has 1 N–H and O–H groups in total. The third-order valence-electron chi connectivity index (χ3n) is 4.40. The van der Waals surface area contributed by atoms with Crippen LogP contribution in [0.15, 0.2) is 28.8 Å². The minimum atomic E-state index is -0.109. The molecule has 1 amide bonds. The first kappa shape index (κ1) is 17.3. The first-order valence-corrected chi connectivity index (χ1v) is 8.30. The monoisotopic (exact) mass is 345 g/mol. The number of aromatic nitrogens is 1. The van der Waals surface area contributed by atoms with Crippen LogP contribution in [0.5, 0.6) is 11.5 Å². The Balaban J connectivity index is 1.73. The Hall–Kier alpha value is -2.54. The maximum atomic E-state index is 12.3. The molecule has 0 aliphatic carbocycles. The number of aryl methyl sites for hydroxylation is 1. The van der Waals surface area contributed by atoms with E-state index in [-0.39, 0.29) is 18.5 Å². The van der Waals surface area contributed by atoms with Crippen molar-refractivity contribution < 1.29 is 18.8 Å². The molecule has 7 heteroatoms. The third kappa shape index (κ3) is 3.93. The van der Waals surface area contributed by atoms with Crippen LogP contribution in [0.25, 0.3) is 0 Å². The van der Waals surface area contributed by atoms with Crippen molar-refractivity contribution in [1.82, 2.24) is 10.1 Å². The maximum absolute atomic E-state index is 12.3. The number of amides is 1. The normalized spacial score (nSPS) is 17.5. The Labute approximate surface area is 146 Å². The summed E-state index contributed by atoms with van der Waals surface area (Å²) >= 11 is 0. The van der Waals surface area contributed by atoms with Gasteiger partial charge in [-0.3, -0.25) is 9.69 Å². The number of nitrogens with zero attached hydrogens (tertiary/aromatic N) is 2. The highest BCUT2D eigenvalue weighted by molar-refractivity contribution is 5.91. The molecule has 3 rings (SSSR count). The van der Waals surface area contributed by atoms with Crippen LogP contribution in [0.4, 0.5) is 5.82 Å². The van der Waals surface area contributed by atoms with Gasteiger partial charge >= 0.3 is 0 Å². The molecule has 1 atom stereocenters. The fourth-order valence-corrected chi connectivity index (χ4v) is 3.26. The largest absolute Gasteiger partial charge is 0.497 e. The van der Waals surface area contributed by atoms with E-state index in [1.54, 1.807) is 27.2 Å². The van der Waals surface area contributed by atoms with E-state index in [2.05, 4.69) is 15.4 Å². The van der Waals surface area contributed by atoms with Gasteiger partial charge in [0.05, 0.1) is 20.8 Å². The lowest BCUT2D eigenvalue weighted by Crippen LogP contribution is -2.33. The lowest BCUT2D eigenvalue weighted by atomic mass is 10.0. The molecule has 7 nitrogen and oxygen atoms in total. The zero-order valence-electron chi connectivity index (χ0n) is 14.7.